The molecular weight excluding hydrogens is 586 g/mol. The molecule has 242 valence electrons. The van der Waals surface area contributed by atoms with Crippen molar-refractivity contribution < 1.29 is 23.8 Å². The number of amides is 2. The van der Waals surface area contributed by atoms with Crippen LogP contribution in [0.2, 0.25) is 0 Å². The topological polar surface area (TPSA) is 144 Å². The van der Waals surface area contributed by atoms with Gasteiger partial charge in [-0.2, -0.15) is 0 Å². The third-order valence-corrected chi connectivity index (χ3v) is 8.59. The molecule has 3 atom stereocenters. The first-order valence-corrected chi connectivity index (χ1v) is 15.4. The van der Waals surface area contributed by atoms with Crippen LogP contribution < -0.4 is 35.6 Å². The Balaban J connectivity index is 1.59. The molecule has 3 aromatic carbocycles. The minimum Gasteiger partial charge on any atom is -0.493 e. The molecule has 4 aromatic rings. The third-order valence-electron chi connectivity index (χ3n) is 8.59. The van der Waals surface area contributed by atoms with Gasteiger partial charge in [0.1, 0.15) is 11.9 Å². The van der Waals surface area contributed by atoms with E-state index < -0.39 is 12.1 Å². The van der Waals surface area contributed by atoms with Crippen LogP contribution in [0.1, 0.15) is 56.6 Å². The SMILES string of the molecule is CC[C@H](C)[C@@H](Nc1ccc2c(cc1=O)[C@@H](NC(C)=O)CCc1cc(OC)c(OC)c(OC)c1-2)C(=O)Nc1ccc2nc(C)[nH]c2c1. The minimum absolute atomic E-state index is 0.106. The highest BCUT2D eigenvalue weighted by Gasteiger charge is 2.30. The number of methoxy groups -OCH3 is 3. The largest absolute Gasteiger partial charge is 0.493 e. The average Bonchev–Trinajstić information content (AvgIpc) is 3.25. The number of ether oxygens (including phenoxy) is 3. The van der Waals surface area contributed by atoms with E-state index in [0.717, 1.165) is 28.0 Å². The molecular formula is C35H41N5O6. The predicted molar refractivity (Wildman–Crippen MR) is 179 cm³/mol. The smallest absolute Gasteiger partial charge is 0.247 e. The molecule has 1 heterocycles. The van der Waals surface area contributed by atoms with Crippen LogP contribution in [0.5, 0.6) is 17.2 Å². The van der Waals surface area contributed by atoms with Crippen molar-refractivity contribution in [2.75, 3.05) is 32.0 Å². The average molecular weight is 628 g/mol. The number of aromatic amines is 1. The number of carbonyl (C=O) groups is 2. The number of anilines is 2. The van der Waals surface area contributed by atoms with Crippen LogP contribution >= 0.6 is 0 Å². The van der Waals surface area contributed by atoms with Gasteiger partial charge in [-0.1, -0.05) is 26.3 Å². The molecule has 2 amide bonds. The maximum absolute atomic E-state index is 13.9. The number of hydrogen-bond acceptors (Lipinski definition) is 8. The summed E-state index contributed by atoms with van der Waals surface area (Å²) in [5.41, 5.74) is 5.24. The van der Waals surface area contributed by atoms with Gasteiger partial charge in [0.05, 0.1) is 44.1 Å². The molecule has 0 aliphatic heterocycles. The van der Waals surface area contributed by atoms with Crippen LogP contribution in [0, 0.1) is 12.8 Å². The lowest BCUT2D eigenvalue weighted by Gasteiger charge is -2.24. The highest BCUT2D eigenvalue weighted by molar-refractivity contribution is 5.98. The summed E-state index contributed by atoms with van der Waals surface area (Å²) in [6, 6.07) is 11.3. The van der Waals surface area contributed by atoms with Gasteiger partial charge in [0, 0.05) is 18.2 Å². The zero-order valence-electron chi connectivity index (χ0n) is 27.3. The standard InChI is InChI=1S/C35H41N5O6/c1-8-18(2)32(35(43)39-22-10-13-26-28(16-22)37-19(3)36-26)40-27-14-11-23-24(17-29(27)42)25(38-20(4)41)12-9-21-15-30(44-5)33(45-6)34(46-7)31(21)23/h10-11,13-18,25,32H,8-9,12H2,1-7H3,(H,36,37)(H,38,41)(H,39,43)(H,40,42)/t18-,25-,32+/m0/s1. The molecule has 5 rings (SSSR count). The lowest BCUT2D eigenvalue weighted by Crippen LogP contribution is -2.40. The molecule has 0 spiro atoms. The fourth-order valence-electron chi connectivity index (χ4n) is 6.13. The third kappa shape index (κ3) is 6.35. The summed E-state index contributed by atoms with van der Waals surface area (Å²) in [6.07, 6.45) is 1.84. The van der Waals surface area contributed by atoms with E-state index in [0.29, 0.717) is 53.3 Å². The van der Waals surface area contributed by atoms with Gasteiger partial charge in [0.25, 0.3) is 0 Å². The number of nitrogens with zero attached hydrogens (tertiary/aromatic N) is 1. The fraction of sp³-hybridized carbons (Fsp3) is 0.371. The van der Waals surface area contributed by atoms with Crippen molar-refractivity contribution in [3.63, 3.8) is 0 Å². The van der Waals surface area contributed by atoms with Gasteiger partial charge in [-0.05, 0) is 78.8 Å². The number of nitrogens with one attached hydrogen (secondary N) is 4. The summed E-state index contributed by atoms with van der Waals surface area (Å²) in [5, 5.41) is 9.29. The summed E-state index contributed by atoms with van der Waals surface area (Å²) >= 11 is 0. The molecule has 0 bridgehead atoms. The van der Waals surface area contributed by atoms with Crippen molar-refractivity contribution in [2.24, 2.45) is 5.92 Å². The summed E-state index contributed by atoms with van der Waals surface area (Å²) in [7, 11) is 4.67. The second-order valence-corrected chi connectivity index (χ2v) is 11.6. The van der Waals surface area contributed by atoms with Crippen LogP contribution in [0.25, 0.3) is 22.2 Å². The van der Waals surface area contributed by atoms with Crippen molar-refractivity contribution in [3.05, 3.63) is 69.6 Å². The first-order valence-electron chi connectivity index (χ1n) is 15.4. The molecule has 4 N–H and O–H groups in total. The molecule has 0 unspecified atom stereocenters. The summed E-state index contributed by atoms with van der Waals surface area (Å²) < 4.78 is 17.2. The number of aromatic nitrogens is 2. The Bertz CT molecular complexity index is 1850. The van der Waals surface area contributed by atoms with Crippen LogP contribution in [0.3, 0.4) is 0 Å². The van der Waals surface area contributed by atoms with Crippen LogP contribution in [0.15, 0.2) is 47.3 Å². The number of imidazole rings is 1. The van der Waals surface area contributed by atoms with Crippen LogP contribution in [0.4, 0.5) is 11.4 Å². The van der Waals surface area contributed by atoms with Gasteiger partial charge in [-0.3, -0.25) is 14.4 Å². The zero-order chi connectivity index (χ0) is 33.1. The number of fused-ring (bicyclic) bond motifs is 4. The van der Waals surface area contributed by atoms with Gasteiger partial charge in [0.15, 0.2) is 11.5 Å². The number of aryl methyl sites for hydroxylation is 2. The number of benzene rings is 2. The predicted octanol–water partition coefficient (Wildman–Crippen LogP) is 5.51. The quantitative estimate of drug-likeness (QED) is 0.180. The van der Waals surface area contributed by atoms with Crippen molar-refractivity contribution >= 4 is 34.2 Å². The van der Waals surface area contributed by atoms with E-state index in [9.17, 15) is 14.4 Å². The molecule has 0 fully saturated rings. The van der Waals surface area contributed by atoms with Gasteiger partial charge in [-0.15, -0.1) is 0 Å². The van der Waals surface area contributed by atoms with Crippen molar-refractivity contribution in [1.29, 1.82) is 0 Å². The second-order valence-electron chi connectivity index (χ2n) is 11.6. The highest BCUT2D eigenvalue weighted by Crippen LogP contribution is 2.50. The number of hydrogen-bond donors (Lipinski definition) is 4. The highest BCUT2D eigenvalue weighted by atomic mass is 16.5. The summed E-state index contributed by atoms with van der Waals surface area (Å²) in [5.74, 6) is 1.62. The molecule has 46 heavy (non-hydrogen) atoms. The van der Waals surface area contributed by atoms with Gasteiger partial charge in [-0.25, -0.2) is 4.98 Å². The van der Waals surface area contributed by atoms with Crippen LogP contribution in [-0.4, -0.2) is 49.2 Å². The van der Waals surface area contributed by atoms with E-state index >= 15 is 0 Å². The van der Waals surface area contributed by atoms with E-state index in [2.05, 4.69) is 25.9 Å². The van der Waals surface area contributed by atoms with Gasteiger partial charge >= 0.3 is 0 Å². The van der Waals surface area contributed by atoms with E-state index in [1.54, 1.807) is 33.5 Å². The van der Waals surface area contributed by atoms with E-state index in [1.165, 1.54) is 6.92 Å². The monoisotopic (exact) mass is 627 g/mol. The van der Waals surface area contributed by atoms with E-state index in [1.807, 2.05) is 51.1 Å². The molecule has 1 aliphatic carbocycles. The Labute approximate surface area is 268 Å². The molecule has 11 nitrogen and oxygen atoms in total. The zero-order valence-corrected chi connectivity index (χ0v) is 27.3. The Morgan fingerprint density at radius 3 is 2.48 bits per heavy atom. The normalized spacial score (nSPS) is 15.1. The minimum atomic E-state index is -0.712. The van der Waals surface area contributed by atoms with E-state index in [4.69, 9.17) is 14.2 Å². The maximum atomic E-state index is 13.9. The molecule has 1 aliphatic rings. The van der Waals surface area contributed by atoms with Gasteiger partial charge in [0.2, 0.25) is 23.0 Å². The molecule has 11 heteroatoms. The van der Waals surface area contributed by atoms with Crippen LogP contribution in [-0.2, 0) is 16.0 Å². The molecule has 1 aromatic heterocycles. The number of rotatable bonds is 10. The molecule has 0 radical (unpaired) electrons. The summed E-state index contributed by atoms with van der Waals surface area (Å²) in [4.78, 5) is 47.5. The molecule has 0 saturated heterocycles. The molecule has 0 saturated carbocycles. The van der Waals surface area contributed by atoms with E-state index in [-0.39, 0.29) is 28.8 Å². The van der Waals surface area contributed by atoms with Crippen molar-refractivity contribution in [2.45, 2.75) is 59.0 Å². The Hall–Kier alpha value is -5.06. The van der Waals surface area contributed by atoms with Crippen molar-refractivity contribution in [1.82, 2.24) is 15.3 Å². The maximum Gasteiger partial charge on any atom is 0.247 e. The fourth-order valence-corrected chi connectivity index (χ4v) is 6.13. The van der Waals surface area contributed by atoms with Gasteiger partial charge < -0.3 is 35.1 Å². The first-order chi connectivity index (χ1) is 22.1. The Kier molecular flexibility index (Phi) is 9.50. The number of H-pyrrole nitrogens is 1. The summed E-state index contributed by atoms with van der Waals surface area (Å²) in [6.45, 7) is 7.30. The lowest BCUT2D eigenvalue weighted by molar-refractivity contribution is -0.120. The number of carbonyl (C=O) groups excluding carboxylic acids is 2. The lowest BCUT2D eigenvalue weighted by atomic mass is 9.95. The Morgan fingerprint density at radius 1 is 1.04 bits per heavy atom. The van der Waals surface area contributed by atoms with Crippen molar-refractivity contribution in [3.8, 4) is 28.4 Å². The Morgan fingerprint density at radius 2 is 1.80 bits per heavy atom. The second kappa shape index (κ2) is 13.5. The first kappa shape index (κ1) is 32.3.